The molecule has 0 bridgehead atoms. The highest BCUT2D eigenvalue weighted by molar-refractivity contribution is 7.08. The summed E-state index contributed by atoms with van der Waals surface area (Å²) in [6.45, 7) is 4.48. The number of rotatable bonds is 4. The molecule has 1 aromatic carbocycles. The van der Waals surface area contributed by atoms with E-state index in [0.717, 1.165) is 11.3 Å². The van der Waals surface area contributed by atoms with Gasteiger partial charge in [0, 0.05) is 17.6 Å². The molecule has 2 rings (SSSR count). The number of hydrogen-bond donors (Lipinski definition) is 0. The van der Waals surface area contributed by atoms with Crippen molar-refractivity contribution in [3.63, 3.8) is 0 Å². The van der Waals surface area contributed by atoms with Crippen molar-refractivity contribution in [2.45, 2.75) is 20.3 Å². The van der Waals surface area contributed by atoms with E-state index in [4.69, 9.17) is 5.26 Å². The van der Waals surface area contributed by atoms with Gasteiger partial charge in [-0.15, -0.1) is 0 Å². The molecular formula is C16H16N2OS. The number of amides is 1. The number of hydrogen-bond acceptors (Lipinski definition) is 3. The van der Waals surface area contributed by atoms with Crippen LogP contribution in [0.15, 0.2) is 35.0 Å². The molecule has 0 fully saturated rings. The molecule has 0 saturated heterocycles. The summed E-state index contributed by atoms with van der Waals surface area (Å²) in [5.74, 6) is -0.0512. The van der Waals surface area contributed by atoms with E-state index in [1.54, 1.807) is 4.90 Å². The van der Waals surface area contributed by atoms with Crippen LogP contribution >= 0.6 is 11.3 Å². The Hall–Kier alpha value is -2.12. The Balaban J connectivity index is 2.34. The van der Waals surface area contributed by atoms with E-state index < -0.39 is 0 Å². The quantitative estimate of drug-likeness (QED) is 0.854. The Labute approximate surface area is 123 Å². The number of aryl methyl sites for hydroxylation is 2. The van der Waals surface area contributed by atoms with Crippen molar-refractivity contribution in [2.75, 3.05) is 11.4 Å². The number of anilines is 1. The summed E-state index contributed by atoms with van der Waals surface area (Å²) in [5.41, 5.74) is 3.85. The minimum absolute atomic E-state index is 0.0512. The maximum atomic E-state index is 12.5. The average molecular weight is 284 g/mol. The van der Waals surface area contributed by atoms with Gasteiger partial charge in [0.15, 0.2) is 0 Å². The monoisotopic (exact) mass is 284 g/mol. The van der Waals surface area contributed by atoms with Crippen LogP contribution in [0.5, 0.6) is 0 Å². The van der Waals surface area contributed by atoms with Crippen LogP contribution < -0.4 is 4.90 Å². The number of nitriles is 1. The molecule has 0 saturated carbocycles. The highest BCUT2D eigenvalue weighted by Crippen LogP contribution is 2.22. The maximum Gasteiger partial charge on any atom is 0.259 e. The van der Waals surface area contributed by atoms with E-state index in [2.05, 4.69) is 6.07 Å². The van der Waals surface area contributed by atoms with Crippen LogP contribution in [0.2, 0.25) is 0 Å². The van der Waals surface area contributed by atoms with Gasteiger partial charge in [-0.2, -0.15) is 16.6 Å². The fourth-order valence-electron chi connectivity index (χ4n) is 1.95. The molecular weight excluding hydrogens is 268 g/mol. The molecule has 1 heterocycles. The van der Waals surface area contributed by atoms with Crippen LogP contribution in [-0.2, 0) is 0 Å². The van der Waals surface area contributed by atoms with Crippen LogP contribution in [0.25, 0.3) is 0 Å². The second-order valence-corrected chi connectivity index (χ2v) is 5.43. The summed E-state index contributed by atoms with van der Waals surface area (Å²) in [6, 6.07) is 9.85. The molecule has 102 valence electrons. The van der Waals surface area contributed by atoms with Crippen LogP contribution in [0.4, 0.5) is 5.69 Å². The van der Waals surface area contributed by atoms with Crippen molar-refractivity contribution >= 4 is 22.9 Å². The standard InChI is InChI=1S/C16H16N2OS/c1-12-4-5-15(10-13(12)2)18(8-3-7-17)16(19)14-6-9-20-11-14/h4-6,9-11H,3,8H2,1-2H3. The normalized spacial score (nSPS) is 10.1. The molecule has 1 amide bonds. The third-order valence-electron chi connectivity index (χ3n) is 3.26. The minimum Gasteiger partial charge on any atom is -0.307 e. The van der Waals surface area contributed by atoms with Gasteiger partial charge in [-0.25, -0.2) is 0 Å². The molecule has 4 heteroatoms. The van der Waals surface area contributed by atoms with Gasteiger partial charge < -0.3 is 4.90 Å². The SMILES string of the molecule is Cc1ccc(N(CCC#N)C(=O)c2ccsc2)cc1C. The van der Waals surface area contributed by atoms with Gasteiger partial charge in [0.05, 0.1) is 18.1 Å². The fraction of sp³-hybridized carbons (Fsp3) is 0.250. The van der Waals surface area contributed by atoms with Crippen molar-refractivity contribution in [3.05, 3.63) is 51.7 Å². The summed E-state index contributed by atoms with van der Waals surface area (Å²) in [6.07, 6.45) is 0.322. The first-order valence-corrected chi connectivity index (χ1v) is 7.36. The molecule has 0 aliphatic heterocycles. The number of carbonyl (C=O) groups excluding carboxylic acids is 1. The Kier molecular flexibility index (Phi) is 4.54. The van der Waals surface area contributed by atoms with E-state index in [0.29, 0.717) is 18.5 Å². The fourth-order valence-corrected chi connectivity index (χ4v) is 2.57. The second kappa shape index (κ2) is 6.36. The zero-order chi connectivity index (χ0) is 14.5. The Morgan fingerprint density at radius 2 is 2.10 bits per heavy atom. The Bertz CT molecular complexity index is 641. The van der Waals surface area contributed by atoms with E-state index in [9.17, 15) is 4.79 Å². The van der Waals surface area contributed by atoms with Crippen molar-refractivity contribution in [2.24, 2.45) is 0 Å². The smallest absolute Gasteiger partial charge is 0.259 e. The molecule has 0 aliphatic carbocycles. The molecule has 3 nitrogen and oxygen atoms in total. The molecule has 0 unspecified atom stereocenters. The third-order valence-corrected chi connectivity index (χ3v) is 3.95. The summed E-state index contributed by atoms with van der Waals surface area (Å²) in [7, 11) is 0. The highest BCUT2D eigenvalue weighted by Gasteiger charge is 2.18. The molecule has 1 aromatic heterocycles. The first-order chi connectivity index (χ1) is 9.63. The summed E-state index contributed by atoms with van der Waals surface area (Å²) >= 11 is 1.50. The van der Waals surface area contributed by atoms with Crippen LogP contribution in [0.1, 0.15) is 27.9 Å². The molecule has 2 aromatic rings. The molecule has 0 radical (unpaired) electrons. The zero-order valence-electron chi connectivity index (χ0n) is 11.6. The Morgan fingerprint density at radius 1 is 1.30 bits per heavy atom. The summed E-state index contributed by atoms with van der Waals surface area (Å²) in [5, 5.41) is 12.5. The van der Waals surface area contributed by atoms with Gasteiger partial charge in [0.25, 0.3) is 5.91 Å². The maximum absolute atomic E-state index is 12.5. The van der Waals surface area contributed by atoms with E-state index >= 15 is 0 Å². The van der Waals surface area contributed by atoms with E-state index in [1.807, 2.05) is 48.9 Å². The van der Waals surface area contributed by atoms with Gasteiger partial charge in [-0.1, -0.05) is 6.07 Å². The van der Waals surface area contributed by atoms with Gasteiger partial charge in [-0.05, 0) is 48.6 Å². The molecule has 0 atom stereocenters. The van der Waals surface area contributed by atoms with Gasteiger partial charge in [0.1, 0.15) is 0 Å². The van der Waals surface area contributed by atoms with E-state index in [-0.39, 0.29) is 5.91 Å². The average Bonchev–Trinajstić information content (AvgIpc) is 2.97. The van der Waals surface area contributed by atoms with Crippen molar-refractivity contribution in [3.8, 4) is 6.07 Å². The predicted molar refractivity (Wildman–Crippen MR) is 82.1 cm³/mol. The number of carbonyl (C=O) groups is 1. The van der Waals surface area contributed by atoms with Crippen LogP contribution in [0, 0.1) is 25.2 Å². The van der Waals surface area contributed by atoms with E-state index in [1.165, 1.54) is 16.9 Å². The van der Waals surface area contributed by atoms with Gasteiger partial charge in [0.2, 0.25) is 0 Å². The third kappa shape index (κ3) is 3.06. The lowest BCUT2D eigenvalue weighted by Crippen LogP contribution is -2.31. The molecule has 20 heavy (non-hydrogen) atoms. The number of benzene rings is 1. The lowest BCUT2D eigenvalue weighted by molar-refractivity contribution is 0.0988. The number of nitrogens with zero attached hydrogens (tertiary/aromatic N) is 2. The minimum atomic E-state index is -0.0512. The second-order valence-electron chi connectivity index (χ2n) is 4.65. The lowest BCUT2D eigenvalue weighted by atomic mass is 10.1. The van der Waals surface area contributed by atoms with Crippen LogP contribution in [0.3, 0.4) is 0 Å². The van der Waals surface area contributed by atoms with Crippen molar-refractivity contribution < 1.29 is 4.79 Å². The van der Waals surface area contributed by atoms with Crippen molar-refractivity contribution in [1.29, 1.82) is 5.26 Å². The molecule has 0 spiro atoms. The Morgan fingerprint density at radius 3 is 2.70 bits per heavy atom. The van der Waals surface area contributed by atoms with Crippen LogP contribution in [-0.4, -0.2) is 12.5 Å². The predicted octanol–water partition coefficient (Wildman–Crippen LogP) is 3.93. The molecule has 0 N–H and O–H groups in total. The largest absolute Gasteiger partial charge is 0.307 e. The summed E-state index contributed by atoms with van der Waals surface area (Å²) in [4.78, 5) is 14.2. The first kappa shape index (κ1) is 14.3. The first-order valence-electron chi connectivity index (χ1n) is 6.41. The highest BCUT2D eigenvalue weighted by atomic mass is 32.1. The topological polar surface area (TPSA) is 44.1 Å². The molecule has 0 aliphatic rings. The summed E-state index contributed by atoms with van der Waals surface area (Å²) < 4.78 is 0. The number of thiophene rings is 1. The van der Waals surface area contributed by atoms with Crippen molar-refractivity contribution in [1.82, 2.24) is 0 Å². The van der Waals surface area contributed by atoms with Gasteiger partial charge in [-0.3, -0.25) is 4.79 Å². The van der Waals surface area contributed by atoms with Gasteiger partial charge >= 0.3 is 0 Å². The zero-order valence-corrected chi connectivity index (χ0v) is 12.4. The lowest BCUT2D eigenvalue weighted by Gasteiger charge is -2.22.